The standard InChI is InChI=1S/C13H18BrFN4/c1-18(2)5-6-19-12(8-17-13(19)16)10-4-3-9(14)7-11(10)15/h3-4,7,12H,5-6,8H2,1-2H3,(H2,16,17). The van der Waals surface area contributed by atoms with Gasteiger partial charge in [0.2, 0.25) is 0 Å². The lowest BCUT2D eigenvalue weighted by Gasteiger charge is -2.28. The molecule has 6 heteroatoms. The van der Waals surface area contributed by atoms with Gasteiger partial charge < -0.3 is 15.5 Å². The minimum atomic E-state index is -0.223. The molecule has 0 fully saturated rings. The van der Waals surface area contributed by atoms with E-state index in [4.69, 9.17) is 5.73 Å². The molecule has 104 valence electrons. The van der Waals surface area contributed by atoms with Crippen LogP contribution in [0, 0.1) is 5.82 Å². The second-order valence-electron chi connectivity index (χ2n) is 4.88. The lowest BCUT2D eigenvalue weighted by atomic mass is 10.1. The Morgan fingerprint density at radius 3 is 2.89 bits per heavy atom. The van der Waals surface area contributed by atoms with Crippen molar-refractivity contribution in [1.29, 1.82) is 0 Å². The average molecular weight is 329 g/mol. The number of likely N-dealkylation sites (N-methyl/N-ethyl adjacent to an activating group) is 1. The number of hydrogen-bond acceptors (Lipinski definition) is 4. The van der Waals surface area contributed by atoms with Gasteiger partial charge in [0.25, 0.3) is 0 Å². The van der Waals surface area contributed by atoms with E-state index in [0.717, 1.165) is 17.6 Å². The lowest BCUT2D eigenvalue weighted by molar-refractivity contribution is 0.289. The molecule has 2 N–H and O–H groups in total. The first-order valence-corrected chi connectivity index (χ1v) is 6.94. The van der Waals surface area contributed by atoms with Crippen LogP contribution in [-0.2, 0) is 0 Å². The summed E-state index contributed by atoms with van der Waals surface area (Å²) in [5.41, 5.74) is 6.54. The van der Waals surface area contributed by atoms with Crippen LogP contribution < -0.4 is 5.73 Å². The second-order valence-corrected chi connectivity index (χ2v) is 5.79. The van der Waals surface area contributed by atoms with Crippen LogP contribution >= 0.6 is 15.9 Å². The van der Waals surface area contributed by atoms with Crippen molar-refractivity contribution in [2.75, 3.05) is 33.7 Å². The van der Waals surface area contributed by atoms with Crippen LogP contribution in [0.1, 0.15) is 11.6 Å². The predicted octanol–water partition coefficient (Wildman–Crippen LogP) is 1.82. The first-order valence-electron chi connectivity index (χ1n) is 6.15. The Balaban J connectivity index is 2.19. The molecule has 19 heavy (non-hydrogen) atoms. The van der Waals surface area contributed by atoms with Crippen LogP contribution in [0.25, 0.3) is 0 Å². The molecular formula is C13H18BrFN4. The lowest BCUT2D eigenvalue weighted by Crippen LogP contribution is -2.40. The molecule has 0 radical (unpaired) electrons. The highest BCUT2D eigenvalue weighted by Crippen LogP contribution is 2.28. The van der Waals surface area contributed by atoms with E-state index in [1.807, 2.05) is 25.1 Å². The SMILES string of the molecule is CN(C)CCN1C(N)=NCC1c1ccc(Br)cc1F. The van der Waals surface area contributed by atoms with Crippen LogP contribution in [0.15, 0.2) is 27.7 Å². The van der Waals surface area contributed by atoms with Gasteiger partial charge in [-0.05, 0) is 26.2 Å². The van der Waals surface area contributed by atoms with E-state index in [9.17, 15) is 4.39 Å². The molecule has 0 aliphatic carbocycles. The highest BCUT2D eigenvalue weighted by molar-refractivity contribution is 9.10. The molecule has 2 rings (SSSR count). The largest absolute Gasteiger partial charge is 0.370 e. The van der Waals surface area contributed by atoms with Gasteiger partial charge in [-0.3, -0.25) is 4.99 Å². The summed E-state index contributed by atoms with van der Waals surface area (Å²) in [5.74, 6) is 0.272. The Morgan fingerprint density at radius 1 is 1.53 bits per heavy atom. The molecule has 1 unspecified atom stereocenters. The average Bonchev–Trinajstić information content (AvgIpc) is 2.68. The van der Waals surface area contributed by atoms with Gasteiger partial charge in [-0.15, -0.1) is 0 Å². The van der Waals surface area contributed by atoms with E-state index in [1.165, 1.54) is 6.07 Å². The highest BCUT2D eigenvalue weighted by atomic mass is 79.9. The van der Waals surface area contributed by atoms with Crippen molar-refractivity contribution in [3.8, 4) is 0 Å². The van der Waals surface area contributed by atoms with Crippen LogP contribution in [-0.4, -0.2) is 49.5 Å². The van der Waals surface area contributed by atoms with Gasteiger partial charge in [0, 0.05) is 23.1 Å². The van der Waals surface area contributed by atoms with Crippen molar-refractivity contribution in [3.05, 3.63) is 34.1 Å². The fourth-order valence-corrected chi connectivity index (χ4v) is 2.48. The molecule has 0 amide bonds. The number of nitrogens with zero attached hydrogens (tertiary/aromatic N) is 3. The molecule has 1 atom stereocenters. The van der Waals surface area contributed by atoms with E-state index in [1.54, 1.807) is 6.07 Å². The highest BCUT2D eigenvalue weighted by Gasteiger charge is 2.29. The summed E-state index contributed by atoms with van der Waals surface area (Å²) in [4.78, 5) is 8.27. The van der Waals surface area contributed by atoms with Crippen LogP contribution in [0.5, 0.6) is 0 Å². The van der Waals surface area contributed by atoms with Crippen molar-refractivity contribution < 1.29 is 4.39 Å². The maximum absolute atomic E-state index is 14.0. The summed E-state index contributed by atoms with van der Waals surface area (Å²) >= 11 is 3.27. The molecule has 4 nitrogen and oxygen atoms in total. The summed E-state index contributed by atoms with van der Waals surface area (Å²) in [6.07, 6.45) is 0. The predicted molar refractivity (Wildman–Crippen MR) is 78.6 cm³/mol. The molecule has 1 heterocycles. The smallest absolute Gasteiger partial charge is 0.191 e. The van der Waals surface area contributed by atoms with Crippen molar-refractivity contribution >= 4 is 21.9 Å². The van der Waals surface area contributed by atoms with E-state index in [-0.39, 0.29) is 11.9 Å². The van der Waals surface area contributed by atoms with Gasteiger partial charge in [-0.2, -0.15) is 0 Å². The number of benzene rings is 1. The van der Waals surface area contributed by atoms with Gasteiger partial charge in [-0.25, -0.2) is 4.39 Å². The molecule has 1 aromatic carbocycles. The Bertz CT molecular complexity index is 490. The summed E-state index contributed by atoms with van der Waals surface area (Å²) in [5, 5.41) is 0. The third-order valence-electron chi connectivity index (χ3n) is 3.21. The number of guanidine groups is 1. The summed E-state index contributed by atoms with van der Waals surface area (Å²) < 4.78 is 14.8. The summed E-state index contributed by atoms with van der Waals surface area (Å²) in [6.45, 7) is 2.10. The summed E-state index contributed by atoms with van der Waals surface area (Å²) in [6, 6.07) is 5.01. The van der Waals surface area contributed by atoms with Crippen LogP contribution in [0.2, 0.25) is 0 Å². The summed E-state index contributed by atoms with van der Waals surface area (Å²) in [7, 11) is 4.00. The first-order chi connectivity index (χ1) is 8.99. The molecule has 0 saturated heterocycles. The number of aliphatic imine (C=N–C) groups is 1. The third-order valence-corrected chi connectivity index (χ3v) is 3.70. The van der Waals surface area contributed by atoms with Gasteiger partial charge in [-0.1, -0.05) is 22.0 Å². The first kappa shape index (κ1) is 14.3. The third kappa shape index (κ3) is 3.25. The topological polar surface area (TPSA) is 44.9 Å². The number of rotatable bonds is 4. The minimum Gasteiger partial charge on any atom is -0.370 e. The Morgan fingerprint density at radius 2 is 2.26 bits per heavy atom. The molecular weight excluding hydrogens is 311 g/mol. The molecule has 0 saturated carbocycles. The van der Waals surface area contributed by atoms with Crippen molar-refractivity contribution in [2.24, 2.45) is 10.7 Å². The zero-order chi connectivity index (χ0) is 14.0. The Kier molecular flexibility index (Phi) is 4.42. The van der Waals surface area contributed by atoms with Crippen molar-refractivity contribution in [3.63, 3.8) is 0 Å². The second kappa shape index (κ2) is 5.88. The van der Waals surface area contributed by atoms with E-state index in [2.05, 4.69) is 25.8 Å². The molecule has 1 aliphatic rings. The number of halogens is 2. The Hall–Kier alpha value is -1.14. The van der Waals surface area contributed by atoms with Gasteiger partial charge in [0.15, 0.2) is 5.96 Å². The molecule has 1 aromatic rings. The number of hydrogen-bond donors (Lipinski definition) is 1. The van der Waals surface area contributed by atoms with E-state index < -0.39 is 0 Å². The maximum Gasteiger partial charge on any atom is 0.191 e. The zero-order valence-corrected chi connectivity index (χ0v) is 12.7. The fourth-order valence-electron chi connectivity index (χ4n) is 2.15. The molecule has 1 aliphatic heterocycles. The van der Waals surface area contributed by atoms with E-state index in [0.29, 0.717) is 18.1 Å². The number of nitrogens with two attached hydrogens (primary N) is 1. The quantitative estimate of drug-likeness (QED) is 0.917. The van der Waals surface area contributed by atoms with Crippen molar-refractivity contribution in [2.45, 2.75) is 6.04 Å². The van der Waals surface area contributed by atoms with Gasteiger partial charge in [0.1, 0.15) is 5.82 Å². The Labute approximate surface area is 121 Å². The van der Waals surface area contributed by atoms with E-state index >= 15 is 0 Å². The van der Waals surface area contributed by atoms with Crippen LogP contribution in [0.3, 0.4) is 0 Å². The molecule has 0 aromatic heterocycles. The minimum absolute atomic E-state index is 0.104. The molecule has 0 spiro atoms. The zero-order valence-electron chi connectivity index (χ0n) is 11.1. The fraction of sp³-hybridized carbons (Fsp3) is 0.462. The maximum atomic E-state index is 14.0. The molecule has 0 bridgehead atoms. The monoisotopic (exact) mass is 328 g/mol. The van der Waals surface area contributed by atoms with Gasteiger partial charge in [0.05, 0.1) is 12.6 Å². The van der Waals surface area contributed by atoms with Gasteiger partial charge >= 0.3 is 0 Å². The van der Waals surface area contributed by atoms with Crippen LogP contribution in [0.4, 0.5) is 4.39 Å². The normalized spacial score (nSPS) is 19.1. The van der Waals surface area contributed by atoms with Crippen molar-refractivity contribution in [1.82, 2.24) is 9.80 Å².